The van der Waals surface area contributed by atoms with Gasteiger partial charge in [-0.2, -0.15) is 0 Å². The summed E-state index contributed by atoms with van der Waals surface area (Å²) in [5.74, 6) is 0.925. The molecule has 0 amide bonds. The Kier molecular flexibility index (Phi) is 9.18. The monoisotopic (exact) mass is 335 g/mol. The van der Waals surface area contributed by atoms with Gasteiger partial charge in [0, 0.05) is 6.54 Å². The minimum absolute atomic E-state index is 0.000777. The molecule has 0 saturated carbocycles. The number of benzene rings is 1. The van der Waals surface area contributed by atoms with E-state index < -0.39 is 0 Å². The fourth-order valence-electron chi connectivity index (χ4n) is 2.85. The summed E-state index contributed by atoms with van der Waals surface area (Å²) in [6, 6.07) is 8.07. The van der Waals surface area contributed by atoms with Crippen LogP contribution in [-0.4, -0.2) is 44.2 Å². The van der Waals surface area contributed by atoms with E-state index in [4.69, 9.17) is 14.2 Å². The summed E-state index contributed by atoms with van der Waals surface area (Å²) in [5.41, 5.74) is 1.15. The van der Waals surface area contributed by atoms with Crippen LogP contribution in [0.3, 0.4) is 0 Å². The number of nitrogens with zero attached hydrogens (tertiary/aromatic N) is 1. The van der Waals surface area contributed by atoms with Gasteiger partial charge >= 0.3 is 0 Å². The van der Waals surface area contributed by atoms with Gasteiger partial charge in [-0.15, -0.1) is 0 Å². The Morgan fingerprint density at radius 2 is 1.88 bits per heavy atom. The molecule has 24 heavy (non-hydrogen) atoms. The molecule has 0 unspecified atom stereocenters. The Hall–Kier alpha value is -1.10. The van der Waals surface area contributed by atoms with Crippen LogP contribution >= 0.6 is 0 Å². The van der Waals surface area contributed by atoms with Crippen LogP contribution in [0.15, 0.2) is 24.3 Å². The highest BCUT2D eigenvalue weighted by Gasteiger charge is 2.18. The maximum absolute atomic E-state index is 5.95. The molecule has 0 aromatic heterocycles. The van der Waals surface area contributed by atoms with Crippen molar-refractivity contribution in [1.82, 2.24) is 4.90 Å². The first-order valence-corrected chi connectivity index (χ1v) is 9.39. The molecule has 4 nitrogen and oxygen atoms in total. The predicted octanol–water partition coefficient (Wildman–Crippen LogP) is 4.37. The first kappa shape index (κ1) is 19.2. The number of unbranched alkanes of at least 4 members (excludes halogenated alkanes) is 5. The zero-order valence-corrected chi connectivity index (χ0v) is 15.3. The van der Waals surface area contributed by atoms with Crippen molar-refractivity contribution in [2.45, 2.75) is 58.5 Å². The van der Waals surface area contributed by atoms with Gasteiger partial charge in [-0.05, 0) is 25.0 Å². The molecule has 1 atom stereocenters. The number of para-hydroxylation sites is 1. The van der Waals surface area contributed by atoms with Crippen LogP contribution < -0.4 is 4.74 Å². The number of hydrogen-bond donors (Lipinski definition) is 0. The first-order chi connectivity index (χ1) is 11.8. The van der Waals surface area contributed by atoms with E-state index in [1.165, 1.54) is 38.5 Å². The minimum atomic E-state index is -0.000777. The molecule has 0 spiro atoms. The van der Waals surface area contributed by atoms with Gasteiger partial charge < -0.3 is 14.2 Å². The van der Waals surface area contributed by atoms with Crippen molar-refractivity contribution in [3.8, 4) is 5.75 Å². The molecule has 0 bridgehead atoms. The molecule has 1 fully saturated rings. The van der Waals surface area contributed by atoms with E-state index in [2.05, 4.69) is 24.8 Å². The van der Waals surface area contributed by atoms with Crippen molar-refractivity contribution in [3.63, 3.8) is 0 Å². The van der Waals surface area contributed by atoms with Crippen LogP contribution in [0.25, 0.3) is 0 Å². The van der Waals surface area contributed by atoms with E-state index in [-0.39, 0.29) is 6.10 Å². The molecule has 0 aliphatic carbocycles. The first-order valence-electron chi connectivity index (χ1n) is 9.39. The Labute approximate surface area is 147 Å². The minimum Gasteiger partial charge on any atom is -0.491 e. The van der Waals surface area contributed by atoms with Crippen LogP contribution in [-0.2, 0) is 9.47 Å². The van der Waals surface area contributed by atoms with Gasteiger partial charge in [-0.3, -0.25) is 4.90 Å². The molecule has 0 radical (unpaired) electrons. The molecule has 4 heteroatoms. The zero-order valence-electron chi connectivity index (χ0n) is 15.3. The lowest BCUT2D eigenvalue weighted by Gasteiger charge is -2.19. The van der Waals surface area contributed by atoms with Gasteiger partial charge in [0.25, 0.3) is 0 Å². The van der Waals surface area contributed by atoms with Crippen LogP contribution in [0.1, 0.15) is 51.0 Å². The van der Waals surface area contributed by atoms with Crippen molar-refractivity contribution in [3.05, 3.63) is 29.8 Å². The van der Waals surface area contributed by atoms with Crippen LogP contribution in [0.4, 0.5) is 0 Å². The summed E-state index contributed by atoms with van der Waals surface area (Å²) >= 11 is 0. The highest BCUT2D eigenvalue weighted by molar-refractivity contribution is 5.31. The van der Waals surface area contributed by atoms with Crippen molar-refractivity contribution in [1.29, 1.82) is 0 Å². The van der Waals surface area contributed by atoms with E-state index in [1.807, 2.05) is 18.2 Å². The maximum atomic E-state index is 5.95. The summed E-state index contributed by atoms with van der Waals surface area (Å²) < 4.78 is 17.6. The van der Waals surface area contributed by atoms with E-state index in [1.54, 1.807) is 0 Å². The van der Waals surface area contributed by atoms with Crippen molar-refractivity contribution < 1.29 is 14.2 Å². The third-order valence-electron chi connectivity index (χ3n) is 4.42. The summed E-state index contributed by atoms with van der Waals surface area (Å²) in [5, 5.41) is 0. The average molecular weight is 335 g/mol. The fraction of sp³-hybridized carbons (Fsp3) is 0.700. The number of aryl methyl sites for hydroxylation is 1. The lowest BCUT2D eigenvalue weighted by Crippen LogP contribution is -2.29. The lowest BCUT2D eigenvalue weighted by molar-refractivity contribution is -0.0196. The smallest absolute Gasteiger partial charge is 0.122 e. The van der Waals surface area contributed by atoms with Crippen LogP contribution in [0, 0.1) is 6.92 Å². The number of rotatable bonds is 10. The molecule has 136 valence electrons. The van der Waals surface area contributed by atoms with Crippen LogP contribution in [0.5, 0.6) is 5.75 Å². The fourth-order valence-corrected chi connectivity index (χ4v) is 2.85. The van der Waals surface area contributed by atoms with Gasteiger partial charge in [0.15, 0.2) is 0 Å². The summed E-state index contributed by atoms with van der Waals surface area (Å²) in [4.78, 5) is 2.24. The Balaban J connectivity index is 1.61. The van der Waals surface area contributed by atoms with Gasteiger partial charge in [0.05, 0.1) is 6.61 Å². The highest BCUT2D eigenvalue weighted by atomic mass is 16.6. The third kappa shape index (κ3) is 7.20. The van der Waals surface area contributed by atoms with E-state index in [9.17, 15) is 0 Å². The SMILES string of the molecule is CCCCCCCCN1COC[C@@H](COc2ccccc2C)OC1. The molecular weight excluding hydrogens is 302 g/mol. The third-order valence-corrected chi connectivity index (χ3v) is 4.42. The largest absolute Gasteiger partial charge is 0.491 e. The molecular formula is C20H33NO3. The zero-order chi connectivity index (χ0) is 17.0. The molecule has 0 N–H and O–H groups in total. The summed E-state index contributed by atoms with van der Waals surface area (Å²) in [6.07, 6.45) is 7.90. The van der Waals surface area contributed by atoms with E-state index in [0.717, 1.165) is 17.9 Å². The Morgan fingerprint density at radius 3 is 2.71 bits per heavy atom. The molecule has 1 aliphatic rings. The molecule has 1 aliphatic heterocycles. The second-order valence-corrected chi connectivity index (χ2v) is 6.66. The van der Waals surface area contributed by atoms with E-state index >= 15 is 0 Å². The van der Waals surface area contributed by atoms with Gasteiger partial charge in [0.1, 0.15) is 31.9 Å². The summed E-state index contributed by atoms with van der Waals surface area (Å²) in [6.45, 7) is 7.80. The number of hydrogen-bond acceptors (Lipinski definition) is 4. The highest BCUT2D eigenvalue weighted by Crippen LogP contribution is 2.17. The number of ether oxygens (including phenoxy) is 3. The second-order valence-electron chi connectivity index (χ2n) is 6.66. The molecule has 1 aromatic carbocycles. The molecule has 1 saturated heterocycles. The quantitative estimate of drug-likeness (QED) is 0.594. The van der Waals surface area contributed by atoms with E-state index in [0.29, 0.717) is 26.7 Å². The average Bonchev–Trinajstić information content (AvgIpc) is 2.83. The second kappa shape index (κ2) is 11.5. The standard InChI is InChI=1S/C20H33NO3/c1-3-4-5-6-7-10-13-21-16-22-14-19(24-17-21)15-23-20-12-9-8-11-18(20)2/h8-9,11-12,19H,3-7,10,13-17H2,1-2H3/t19-/m0/s1. The summed E-state index contributed by atoms with van der Waals surface area (Å²) in [7, 11) is 0. The van der Waals surface area contributed by atoms with Crippen molar-refractivity contribution in [2.24, 2.45) is 0 Å². The van der Waals surface area contributed by atoms with Gasteiger partial charge in [-0.25, -0.2) is 0 Å². The van der Waals surface area contributed by atoms with Gasteiger partial charge in [-0.1, -0.05) is 57.2 Å². The molecule has 1 aromatic rings. The van der Waals surface area contributed by atoms with Gasteiger partial charge in [0.2, 0.25) is 0 Å². The predicted molar refractivity (Wildman–Crippen MR) is 97.3 cm³/mol. The van der Waals surface area contributed by atoms with Crippen molar-refractivity contribution in [2.75, 3.05) is 33.2 Å². The Morgan fingerprint density at radius 1 is 1.08 bits per heavy atom. The molecule has 2 rings (SSSR count). The van der Waals surface area contributed by atoms with Crippen LogP contribution in [0.2, 0.25) is 0 Å². The maximum Gasteiger partial charge on any atom is 0.122 e. The Bertz CT molecular complexity index is 452. The topological polar surface area (TPSA) is 30.9 Å². The van der Waals surface area contributed by atoms with Crippen molar-refractivity contribution >= 4 is 0 Å². The lowest BCUT2D eigenvalue weighted by atomic mass is 10.1. The molecule has 1 heterocycles. The normalized spacial score (nSPS) is 19.2.